The van der Waals surface area contributed by atoms with E-state index in [0.29, 0.717) is 10.6 Å². The Morgan fingerprint density at radius 2 is 1.73 bits per heavy atom. The van der Waals surface area contributed by atoms with Crippen molar-refractivity contribution in [3.05, 3.63) is 64.7 Å². The zero-order chi connectivity index (χ0) is 16.3. The second kappa shape index (κ2) is 6.48. The van der Waals surface area contributed by atoms with Crippen LogP contribution in [0.2, 0.25) is 5.02 Å². The normalized spacial score (nSPS) is 12.7. The summed E-state index contributed by atoms with van der Waals surface area (Å²) in [6.45, 7) is 1.82. The van der Waals surface area contributed by atoms with Crippen molar-refractivity contribution in [1.82, 2.24) is 5.32 Å². The Hall–Kier alpha value is -1.89. The molecule has 1 atom stereocenters. The number of amides is 1. The molecule has 0 fully saturated rings. The average Bonchev–Trinajstić information content (AvgIpc) is 2.46. The van der Waals surface area contributed by atoms with Crippen LogP contribution in [-0.2, 0) is 10.0 Å². The maximum absolute atomic E-state index is 12.2. The van der Waals surface area contributed by atoms with Crippen molar-refractivity contribution in [3.63, 3.8) is 0 Å². The fourth-order valence-electron chi connectivity index (χ4n) is 1.98. The molecule has 2 rings (SSSR count). The van der Waals surface area contributed by atoms with Gasteiger partial charge in [0.1, 0.15) is 0 Å². The average molecular weight is 339 g/mol. The largest absolute Gasteiger partial charge is 0.345 e. The summed E-state index contributed by atoms with van der Waals surface area (Å²) in [6.07, 6.45) is 0. The van der Waals surface area contributed by atoms with Crippen molar-refractivity contribution in [3.8, 4) is 0 Å². The van der Waals surface area contributed by atoms with Crippen LogP contribution >= 0.6 is 11.6 Å². The van der Waals surface area contributed by atoms with Crippen LogP contribution in [0, 0.1) is 0 Å². The number of halogens is 1. The van der Waals surface area contributed by atoms with Crippen LogP contribution in [0.15, 0.2) is 53.4 Å². The van der Waals surface area contributed by atoms with Crippen LogP contribution in [0.4, 0.5) is 0 Å². The molecule has 0 aliphatic rings. The molecule has 5 nitrogen and oxygen atoms in total. The molecule has 0 aromatic heterocycles. The molecule has 116 valence electrons. The highest BCUT2D eigenvalue weighted by atomic mass is 35.5. The van der Waals surface area contributed by atoms with Gasteiger partial charge in [0.15, 0.2) is 0 Å². The van der Waals surface area contributed by atoms with E-state index in [2.05, 4.69) is 5.32 Å². The molecule has 0 heterocycles. The van der Waals surface area contributed by atoms with Crippen molar-refractivity contribution in [2.45, 2.75) is 17.9 Å². The number of carbonyl (C=O) groups is 1. The number of carbonyl (C=O) groups excluding carboxylic acids is 1. The highest BCUT2D eigenvalue weighted by molar-refractivity contribution is 7.89. The Morgan fingerprint density at radius 3 is 2.27 bits per heavy atom. The predicted molar refractivity (Wildman–Crippen MR) is 85.1 cm³/mol. The van der Waals surface area contributed by atoms with Gasteiger partial charge in [-0.05, 0) is 42.8 Å². The van der Waals surface area contributed by atoms with E-state index in [9.17, 15) is 13.2 Å². The first-order valence-electron chi connectivity index (χ1n) is 6.47. The Morgan fingerprint density at radius 1 is 1.14 bits per heavy atom. The quantitative estimate of drug-likeness (QED) is 0.897. The molecule has 22 heavy (non-hydrogen) atoms. The van der Waals surface area contributed by atoms with E-state index in [1.807, 2.05) is 25.1 Å². The third kappa shape index (κ3) is 3.85. The smallest absolute Gasteiger partial charge is 0.251 e. The maximum atomic E-state index is 12.2. The van der Waals surface area contributed by atoms with Gasteiger partial charge in [-0.25, -0.2) is 13.6 Å². The Labute approximate surface area is 134 Å². The van der Waals surface area contributed by atoms with E-state index >= 15 is 0 Å². The molecule has 0 saturated heterocycles. The fourth-order valence-corrected chi connectivity index (χ4v) is 2.79. The number of nitrogens with one attached hydrogen (secondary N) is 1. The van der Waals surface area contributed by atoms with Gasteiger partial charge in [0.05, 0.1) is 10.9 Å². The van der Waals surface area contributed by atoms with Gasteiger partial charge in [-0.1, -0.05) is 29.8 Å². The topological polar surface area (TPSA) is 89.3 Å². The summed E-state index contributed by atoms with van der Waals surface area (Å²) in [5, 5.41) is 8.39. The minimum Gasteiger partial charge on any atom is -0.345 e. The summed E-state index contributed by atoms with van der Waals surface area (Å²) < 4.78 is 22.4. The lowest BCUT2D eigenvalue weighted by Crippen LogP contribution is -2.26. The van der Waals surface area contributed by atoms with Crippen molar-refractivity contribution in [2.24, 2.45) is 5.14 Å². The van der Waals surface area contributed by atoms with Crippen molar-refractivity contribution < 1.29 is 13.2 Å². The van der Waals surface area contributed by atoms with Crippen LogP contribution in [0.3, 0.4) is 0 Å². The van der Waals surface area contributed by atoms with Gasteiger partial charge in [-0.3, -0.25) is 4.79 Å². The first-order valence-corrected chi connectivity index (χ1v) is 8.39. The molecule has 3 N–H and O–H groups in total. The monoisotopic (exact) mass is 338 g/mol. The van der Waals surface area contributed by atoms with Gasteiger partial charge in [0.2, 0.25) is 10.0 Å². The molecular weight excluding hydrogens is 324 g/mol. The third-order valence-corrected chi connectivity index (χ3v) is 4.44. The van der Waals surface area contributed by atoms with E-state index < -0.39 is 10.0 Å². The molecule has 0 radical (unpaired) electrons. The number of sulfonamides is 1. The van der Waals surface area contributed by atoms with Gasteiger partial charge in [-0.15, -0.1) is 0 Å². The molecule has 2 aromatic rings. The summed E-state index contributed by atoms with van der Waals surface area (Å²) >= 11 is 6.09. The Bertz CT molecular complexity index is 789. The molecular formula is C15H15ClN2O3S. The Kier molecular flexibility index (Phi) is 4.85. The van der Waals surface area contributed by atoms with Gasteiger partial charge < -0.3 is 5.32 Å². The highest BCUT2D eigenvalue weighted by Crippen LogP contribution is 2.22. The van der Waals surface area contributed by atoms with Gasteiger partial charge in [0.25, 0.3) is 5.91 Å². The van der Waals surface area contributed by atoms with E-state index in [1.165, 1.54) is 24.3 Å². The van der Waals surface area contributed by atoms with Crippen LogP contribution in [-0.4, -0.2) is 14.3 Å². The lowest BCUT2D eigenvalue weighted by molar-refractivity contribution is 0.0940. The SMILES string of the molecule is CC(NC(=O)c1ccc(S(N)(=O)=O)cc1)c1ccccc1Cl. The highest BCUT2D eigenvalue weighted by Gasteiger charge is 2.14. The number of benzene rings is 2. The first-order chi connectivity index (χ1) is 10.3. The summed E-state index contributed by atoms with van der Waals surface area (Å²) in [5.74, 6) is -0.326. The fraction of sp³-hybridized carbons (Fsp3) is 0.133. The molecule has 1 unspecified atom stereocenters. The van der Waals surface area contributed by atoms with E-state index in [0.717, 1.165) is 5.56 Å². The summed E-state index contributed by atoms with van der Waals surface area (Å²) in [7, 11) is -3.77. The van der Waals surface area contributed by atoms with Crippen LogP contribution in [0.5, 0.6) is 0 Å². The molecule has 0 aliphatic heterocycles. The molecule has 0 spiro atoms. The molecule has 2 aromatic carbocycles. The van der Waals surface area contributed by atoms with E-state index in [-0.39, 0.29) is 16.8 Å². The van der Waals surface area contributed by atoms with Crippen molar-refractivity contribution in [1.29, 1.82) is 0 Å². The van der Waals surface area contributed by atoms with E-state index in [1.54, 1.807) is 6.07 Å². The molecule has 0 saturated carbocycles. The first kappa shape index (κ1) is 16.5. The molecule has 1 amide bonds. The van der Waals surface area contributed by atoms with Crippen LogP contribution in [0.1, 0.15) is 28.9 Å². The zero-order valence-corrected chi connectivity index (χ0v) is 13.4. The second-order valence-electron chi connectivity index (χ2n) is 4.79. The van der Waals surface area contributed by atoms with Crippen LogP contribution in [0.25, 0.3) is 0 Å². The van der Waals surface area contributed by atoms with Crippen LogP contribution < -0.4 is 10.5 Å². The second-order valence-corrected chi connectivity index (χ2v) is 6.75. The zero-order valence-electron chi connectivity index (χ0n) is 11.8. The van der Waals surface area contributed by atoms with Gasteiger partial charge >= 0.3 is 0 Å². The summed E-state index contributed by atoms with van der Waals surface area (Å²) in [4.78, 5) is 12.1. The summed E-state index contributed by atoms with van der Waals surface area (Å²) in [5.41, 5.74) is 1.14. The summed E-state index contributed by atoms with van der Waals surface area (Å²) in [6, 6.07) is 12.4. The molecule has 0 bridgehead atoms. The number of nitrogens with two attached hydrogens (primary N) is 1. The lowest BCUT2D eigenvalue weighted by atomic mass is 10.1. The van der Waals surface area contributed by atoms with Crippen molar-refractivity contribution in [2.75, 3.05) is 0 Å². The maximum Gasteiger partial charge on any atom is 0.251 e. The van der Waals surface area contributed by atoms with Gasteiger partial charge in [0, 0.05) is 10.6 Å². The number of primary sulfonamides is 1. The Balaban J connectivity index is 2.14. The molecule has 7 heteroatoms. The molecule has 0 aliphatic carbocycles. The van der Waals surface area contributed by atoms with Gasteiger partial charge in [-0.2, -0.15) is 0 Å². The number of rotatable bonds is 4. The standard InChI is InChI=1S/C15H15ClN2O3S/c1-10(13-4-2-3-5-14(13)16)18-15(19)11-6-8-12(9-7-11)22(17,20)21/h2-10H,1H3,(H,18,19)(H2,17,20,21). The van der Waals surface area contributed by atoms with E-state index in [4.69, 9.17) is 16.7 Å². The third-order valence-electron chi connectivity index (χ3n) is 3.16. The number of hydrogen-bond acceptors (Lipinski definition) is 3. The lowest BCUT2D eigenvalue weighted by Gasteiger charge is -2.15. The minimum absolute atomic E-state index is 0.0387. The predicted octanol–water partition coefficient (Wildman–Crippen LogP) is 2.48. The van der Waals surface area contributed by atoms with Crippen molar-refractivity contribution >= 4 is 27.5 Å². The minimum atomic E-state index is -3.77. The number of hydrogen-bond donors (Lipinski definition) is 2.